The summed E-state index contributed by atoms with van der Waals surface area (Å²) in [6.45, 7) is 45.8. The second-order valence-corrected chi connectivity index (χ2v) is 35.3. The summed E-state index contributed by atoms with van der Waals surface area (Å²) < 4.78 is 70.4. The average molecular weight is 1600 g/mol. The van der Waals surface area contributed by atoms with Crippen LogP contribution in [0, 0.1) is 126 Å². The van der Waals surface area contributed by atoms with E-state index in [1.807, 2.05) is 130 Å². The maximum atomic E-state index is 14.3. The summed E-state index contributed by atoms with van der Waals surface area (Å²) in [5.41, 5.74) is 33.8. The van der Waals surface area contributed by atoms with Gasteiger partial charge < -0.3 is 13.3 Å². The van der Waals surface area contributed by atoms with Crippen LogP contribution in [0.4, 0.5) is 4.39 Å². The smallest absolute Gasteiger partial charge is 0.287 e. The molecule has 0 fully saturated rings. The highest BCUT2D eigenvalue weighted by molar-refractivity contribution is 6.24. The van der Waals surface area contributed by atoms with Crippen LogP contribution in [0.5, 0.6) is 0 Å². The SMILES string of the molecule is Cc1cc(-c2c3ccc(CC(C)C)cc3nc[n+]2C)c(C)c(C)c1F.Cc1ccc2c(n1)oc1c(-c3ccc4c(CC(C)C)cccc4c3C)c(C)c(C)cc12.[2H]C([2H])(c1cccc2c(C)c(-c3c(C)c(C)cc4c3oc3nc(C)ccc34)ccc12)C(C)C.[2H]C([2H])(c1cccc2c(C)c(-c3c(C)c4ccccc4c4c3oc3nc(C)ccc34)ccc12)C(C)C. The Balaban J connectivity index is 0.000000124. The van der Waals surface area contributed by atoms with E-state index in [0.717, 1.165) is 184 Å². The lowest BCUT2D eigenvalue weighted by molar-refractivity contribution is -0.662. The van der Waals surface area contributed by atoms with Crippen molar-refractivity contribution in [2.75, 3.05) is 0 Å². The van der Waals surface area contributed by atoms with Crippen molar-refractivity contribution in [1.82, 2.24) is 19.9 Å². The number of aryl methyl sites for hydroxylation is 11. The molecule has 19 rings (SSSR count). The van der Waals surface area contributed by atoms with E-state index in [1.54, 1.807) is 0 Å². The number of pyridine rings is 3. The molecule has 19 aromatic rings. The van der Waals surface area contributed by atoms with Crippen LogP contribution < -0.4 is 4.57 Å². The third kappa shape index (κ3) is 15.3. The number of rotatable bonds is 12. The van der Waals surface area contributed by atoms with Gasteiger partial charge in [-0.25, -0.2) is 23.9 Å². The van der Waals surface area contributed by atoms with Crippen molar-refractivity contribution in [3.8, 4) is 44.6 Å². The van der Waals surface area contributed by atoms with Gasteiger partial charge in [-0.15, -0.1) is 0 Å². The lowest BCUT2D eigenvalue weighted by Gasteiger charge is -2.17. The molecule has 0 unspecified atom stereocenters. The van der Waals surface area contributed by atoms with Gasteiger partial charge in [0.1, 0.15) is 28.3 Å². The van der Waals surface area contributed by atoms with Crippen LogP contribution in [-0.4, -0.2) is 19.9 Å². The van der Waals surface area contributed by atoms with Crippen molar-refractivity contribution < 1.29 is 27.7 Å². The molecule has 121 heavy (non-hydrogen) atoms. The second kappa shape index (κ2) is 33.1. The Hall–Kier alpha value is -12.2. The van der Waals surface area contributed by atoms with E-state index in [2.05, 4.69) is 244 Å². The van der Waals surface area contributed by atoms with Crippen molar-refractivity contribution in [1.29, 1.82) is 0 Å². The summed E-state index contributed by atoms with van der Waals surface area (Å²) >= 11 is 0. The van der Waals surface area contributed by atoms with Crippen LogP contribution in [0.1, 0.15) is 161 Å². The van der Waals surface area contributed by atoms with Gasteiger partial charge in [0, 0.05) is 77.1 Å². The van der Waals surface area contributed by atoms with Crippen LogP contribution in [0.2, 0.25) is 0 Å². The minimum atomic E-state index is -1.41. The molecule has 7 heterocycles. The van der Waals surface area contributed by atoms with Crippen molar-refractivity contribution >= 4 is 120 Å². The first-order valence-electron chi connectivity index (χ1n) is 44.9. The summed E-state index contributed by atoms with van der Waals surface area (Å²) in [5.74, 6) is 0.892. The standard InChI is InChI=1S/C32H29NO.2C29H29NO.C22H26FN2/c1-18(2)17-22-9-8-12-23-20(4)25(15-16-26(22)23)29-21(5)24-10-6-7-11-27(24)30-28-14-13-19(3)33-32(28)34-31(29)30;2*1-16(2)14-21-8-7-9-22-20(6)23(12-13-24(21)22)27-19(5)17(3)15-26-25-11-10-18(4)30-29(25)31-28(26)27;1-13(2)9-17-7-8-18-20(11-17)24-12-25(6)22(18)19-10-14(3)21(23)16(5)15(19)4/h6-16,18H,17H2,1-5H3;2*7-13,15-16H,14H2,1-6H3;7-8,10-13H,9H2,1-6H3/q;;;+1/i17D2;14D2;;. The van der Waals surface area contributed by atoms with E-state index in [1.165, 1.54) is 77.2 Å². The van der Waals surface area contributed by atoms with E-state index in [0.29, 0.717) is 28.8 Å². The molecule has 610 valence electrons. The number of fused-ring (bicyclic) bond motifs is 15. The van der Waals surface area contributed by atoms with Crippen molar-refractivity contribution in [2.45, 2.75) is 178 Å². The fourth-order valence-electron chi connectivity index (χ4n) is 18.4. The van der Waals surface area contributed by atoms with Gasteiger partial charge in [-0.1, -0.05) is 177 Å². The second-order valence-electron chi connectivity index (χ2n) is 35.3. The highest BCUT2D eigenvalue weighted by Crippen LogP contribution is 2.48. The molecule has 0 N–H and O–H groups in total. The fraction of sp³-hybridized carbons (Fsp3) is 0.277. The van der Waals surface area contributed by atoms with Gasteiger partial charge in [-0.05, 0) is 361 Å². The molecule has 7 aromatic heterocycles. The zero-order valence-electron chi connectivity index (χ0n) is 78.5. The Bertz CT molecular complexity index is 7590. The minimum Gasteiger partial charge on any atom is -0.437 e. The lowest BCUT2D eigenvalue weighted by Crippen LogP contribution is -2.32. The molecule has 0 aliphatic carbocycles. The van der Waals surface area contributed by atoms with Crippen LogP contribution >= 0.6 is 0 Å². The highest BCUT2D eigenvalue weighted by Gasteiger charge is 2.27. The molecule has 0 aliphatic rings. The molecule has 0 radical (unpaired) electrons. The Morgan fingerprint density at radius 1 is 0.331 bits per heavy atom. The van der Waals surface area contributed by atoms with Gasteiger partial charge in [0.2, 0.25) is 17.1 Å². The predicted octanol–water partition coefficient (Wildman–Crippen LogP) is 30.5. The Morgan fingerprint density at radius 3 is 1.21 bits per heavy atom. The monoisotopic (exact) mass is 1600 g/mol. The van der Waals surface area contributed by atoms with E-state index < -0.39 is 12.7 Å². The van der Waals surface area contributed by atoms with Crippen molar-refractivity contribution in [3.63, 3.8) is 0 Å². The first-order valence-corrected chi connectivity index (χ1v) is 42.9. The van der Waals surface area contributed by atoms with Crippen LogP contribution in [0.3, 0.4) is 0 Å². The van der Waals surface area contributed by atoms with Crippen LogP contribution in [0.25, 0.3) is 165 Å². The molecule has 0 bridgehead atoms. The third-order valence-electron chi connectivity index (χ3n) is 24.8. The normalized spacial score (nSPS) is 12.6. The van der Waals surface area contributed by atoms with E-state index >= 15 is 0 Å². The Kier molecular flexibility index (Phi) is 21.2. The summed E-state index contributed by atoms with van der Waals surface area (Å²) in [5, 5.41) is 16.7. The average Bonchev–Trinajstić information content (AvgIpc) is 1.61. The van der Waals surface area contributed by atoms with E-state index in [9.17, 15) is 4.39 Å². The van der Waals surface area contributed by atoms with E-state index in [-0.39, 0.29) is 17.7 Å². The molecule has 0 atom stereocenters. The molecule has 8 nitrogen and oxygen atoms in total. The van der Waals surface area contributed by atoms with Gasteiger partial charge in [0.25, 0.3) is 6.33 Å². The summed E-state index contributed by atoms with van der Waals surface area (Å²) in [6, 6.07) is 65.6. The number of aromatic nitrogens is 5. The number of halogens is 1. The largest absolute Gasteiger partial charge is 0.437 e. The van der Waals surface area contributed by atoms with Gasteiger partial charge in [0.05, 0.1) is 12.4 Å². The molecular formula is C112H113FN5O3+. The van der Waals surface area contributed by atoms with Gasteiger partial charge in [-0.2, -0.15) is 0 Å². The molecule has 0 saturated heterocycles. The molecule has 0 saturated carbocycles. The maximum Gasteiger partial charge on any atom is 0.287 e. The van der Waals surface area contributed by atoms with Gasteiger partial charge in [-0.3, -0.25) is 0 Å². The number of nitrogens with zero attached hydrogens (tertiary/aromatic N) is 5. The third-order valence-corrected chi connectivity index (χ3v) is 24.8. The minimum absolute atomic E-state index is 0.110. The van der Waals surface area contributed by atoms with E-state index in [4.69, 9.17) is 23.7 Å². The maximum absolute atomic E-state index is 14.3. The highest BCUT2D eigenvalue weighted by atomic mass is 19.1. The quantitative estimate of drug-likeness (QED) is 0.112. The van der Waals surface area contributed by atoms with Gasteiger partial charge >= 0.3 is 0 Å². The molecule has 12 aromatic carbocycles. The molecule has 0 aliphatic heterocycles. The first-order chi connectivity index (χ1) is 59.4. The zero-order valence-corrected chi connectivity index (χ0v) is 74.5. The Morgan fingerprint density at radius 2 is 0.736 bits per heavy atom. The number of benzene rings is 12. The van der Waals surface area contributed by atoms with Gasteiger partial charge in [0.15, 0.2) is 5.52 Å². The molecule has 9 heteroatoms. The predicted molar refractivity (Wildman–Crippen MR) is 510 cm³/mol. The fourth-order valence-corrected chi connectivity index (χ4v) is 18.4. The topological polar surface area (TPSA) is 94.9 Å². The number of hydrogen-bond acceptors (Lipinski definition) is 7. The first kappa shape index (κ1) is 77.4. The molecule has 0 spiro atoms. The molecule has 0 amide bonds. The summed E-state index contributed by atoms with van der Waals surface area (Å²) in [6.07, 6.45) is 1.18. The zero-order chi connectivity index (χ0) is 89.2. The summed E-state index contributed by atoms with van der Waals surface area (Å²) in [4.78, 5) is 18.6. The van der Waals surface area contributed by atoms with Crippen molar-refractivity contribution in [2.24, 2.45) is 30.7 Å². The molecular weight excluding hydrogens is 1480 g/mol. The number of hydrogen-bond donors (Lipinski definition) is 0. The van der Waals surface area contributed by atoms with Crippen LogP contribution in [-0.2, 0) is 32.6 Å². The number of furan rings is 3. The van der Waals surface area contributed by atoms with Crippen molar-refractivity contribution in [3.05, 3.63) is 301 Å². The summed E-state index contributed by atoms with van der Waals surface area (Å²) in [7, 11) is 2.00. The Labute approximate surface area is 717 Å². The lowest BCUT2D eigenvalue weighted by atomic mass is 9.87. The van der Waals surface area contributed by atoms with Crippen LogP contribution in [0.15, 0.2) is 208 Å².